The average Bonchev–Trinajstić information content (AvgIpc) is 3.65. The van der Waals surface area contributed by atoms with E-state index in [4.69, 9.17) is 11.6 Å². The fraction of sp³-hybridized carbons (Fsp3) is 0.333. The van der Waals surface area contributed by atoms with E-state index in [2.05, 4.69) is 20.8 Å². The number of carbonyl (C=O) groups is 2. The number of aromatic nitrogens is 3. The summed E-state index contributed by atoms with van der Waals surface area (Å²) in [7, 11) is 0. The van der Waals surface area contributed by atoms with E-state index in [9.17, 15) is 18.8 Å². The molecule has 0 saturated heterocycles. The van der Waals surface area contributed by atoms with E-state index in [1.807, 2.05) is 52.0 Å². The number of alkyl halides is 1. The molecule has 1 aliphatic rings. The molecule has 3 N–H and O–H groups in total. The van der Waals surface area contributed by atoms with Gasteiger partial charge in [0.15, 0.2) is 5.67 Å². The molecule has 1 unspecified atom stereocenters. The maximum absolute atomic E-state index is 14.7. The number of H-pyrrole nitrogens is 1. The van der Waals surface area contributed by atoms with Crippen LogP contribution in [-0.4, -0.2) is 38.3 Å². The van der Waals surface area contributed by atoms with Crippen molar-refractivity contribution in [1.29, 1.82) is 0 Å². The van der Waals surface area contributed by atoms with Gasteiger partial charge in [-0.05, 0) is 93.1 Å². The van der Waals surface area contributed by atoms with Gasteiger partial charge in [0.05, 0.1) is 5.69 Å². The molecule has 1 aliphatic carbocycles. The van der Waals surface area contributed by atoms with Crippen molar-refractivity contribution in [3.63, 3.8) is 0 Å². The molecule has 0 radical (unpaired) electrons. The predicted octanol–water partition coefficient (Wildman–Crippen LogP) is 6.49. The highest BCUT2D eigenvalue weighted by atomic mass is 35.5. The average molecular weight is 604 g/mol. The number of amides is 2. The lowest BCUT2D eigenvalue weighted by Gasteiger charge is -2.26. The highest BCUT2D eigenvalue weighted by Gasteiger charge is 2.52. The van der Waals surface area contributed by atoms with E-state index in [0.717, 1.165) is 33.6 Å². The molecule has 0 aliphatic heterocycles. The lowest BCUT2D eigenvalue weighted by atomic mass is 9.90. The quantitative estimate of drug-likeness (QED) is 0.203. The predicted molar refractivity (Wildman–Crippen MR) is 167 cm³/mol. The fourth-order valence-electron chi connectivity index (χ4n) is 5.27. The zero-order valence-corrected chi connectivity index (χ0v) is 25.6. The van der Waals surface area contributed by atoms with Crippen molar-refractivity contribution < 1.29 is 14.0 Å². The third kappa shape index (κ3) is 6.27. The summed E-state index contributed by atoms with van der Waals surface area (Å²) in [5.74, 6) is -1.93. The van der Waals surface area contributed by atoms with Crippen molar-refractivity contribution in [2.45, 2.75) is 71.1 Å². The number of hydrogen-bond donors (Lipinski definition) is 3. The third-order valence-corrected chi connectivity index (χ3v) is 8.39. The van der Waals surface area contributed by atoms with Crippen molar-refractivity contribution in [1.82, 2.24) is 20.1 Å². The summed E-state index contributed by atoms with van der Waals surface area (Å²) in [6.45, 7) is 9.49. The van der Waals surface area contributed by atoms with E-state index in [-0.39, 0.29) is 24.4 Å². The topological polar surface area (TPSA) is 109 Å². The minimum absolute atomic E-state index is 0.0290. The first-order valence-electron chi connectivity index (χ1n) is 14.3. The molecule has 0 spiro atoms. The van der Waals surface area contributed by atoms with Crippen molar-refractivity contribution >= 4 is 29.1 Å². The number of nitrogens with zero attached hydrogens (tertiary/aromatic N) is 2. The van der Waals surface area contributed by atoms with Crippen LogP contribution < -0.4 is 16.2 Å². The van der Waals surface area contributed by atoms with Gasteiger partial charge in [0.2, 0.25) is 5.91 Å². The molecule has 224 valence electrons. The molecule has 2 aromatic carbocycles. The molecular weight excluding hydrogens is 569 g/mol. The Kier molecular flexibility index (Phi) is 8.29. The Bertz CT molecular complexity index is 1720. The van der Waals surface area contributed by atoms with Gasteiger partial charge in [-0.2, -0.15) is 5.10 Å². The first-order valence-corrected chi connectivity index (χ1v) is 14.7. The number of nitrogens with one attached hydrogen (secondary N) is 3. The second-order valence-electron chi connectivity index (χ2n) is 11.6. The van der Waals surface area contributed by atoms with Crippen LogP contribution in [0.2, 0.25) is 5.02 Å². The molecule has 4 aromatic rings. The molecular formula is C33H35ClFN5O3. The summed E-state index contributed by atoms with van der Waals surface area (Å²) in [5, 5.41) is 13.2. The SMILES string of the molecule is Cc1n[nH]c(C)c1-c1ccc(NC(=O)[C@@H](NC(=O)C2(F)CC2)C(C)c2cc(-c3ccc(=O)n(C(C)C)c3)ccc2Cl)cc1. The lowest BCUT2D eigenvalue weighted by molar-refractivity contribution is -0.131. The number of carbonyl (C=O) groups excluding carboxylic acids is 2. The molecule has 5 rings (SSSR count). The maximum Gasteiger partial charge on any atom is 0.258 e. The van der Waals surface area contributed by atoms with Crippen molar-refractivity contribution in [2.24, 2.45) is 0 Å². The normalized spacial score (nSPS) is 15.2. The van der Waals surface area contributed by atoms with Crippen molar-refractivity contribution in [2.75, 3.05) is 5.32 Å². The number of benzene rings is 2. The first kappa shape index (κ1) is 30.2. The van der Waals surface area contributed by atoms with Gasteiger partial charge in [-0.1, -0.05) is 36.7 Å². The van der Waals surface area contributed by atoms with Crippen LogP contribution in [0.25, 0.3) is 22.3 Å². The third-order valence-electron chi connectivity index (χ3n) is 8.05. The zero-order valence-electron chi connectivity index (χ0n) is 24.8. The van der Waals surface area contributed by atoms with Gasteiger partial charge in [0.1, 0.15) is 6.04 Å². The molecule has 2 heterocycles. The Morgan fingerprint density at radius 2 is 1.65 bits per heavy atom. The van der Waals surface area contributed by atoms with Crippen molar-refractivity contribution in [3.05, 3.63) is 93.1 Å². The summed E-state index contributed by atoms with van der Waals surface area (Å²) < 4.78 is 16.4. The Balaban J connectivity index is 1.44. The van der Waals surface area contributed by atoms with Crippen LogP contribution in [-0.2, 0) is 9.59 Å². The van der Waals surface area contributed by atoms with Crippen LogP contribution in [0, 0.1) is 13.8 Å². The van der Waals surface area contributed by atoms with Crippen LogP contribution in [0.1, 0.15) is 62.5 Å². The molecule has 2 atom stereocenters. The molecule has 43 heavy (non-hydrogen) atoms. The van der Waals surface area contributed by atoms with E-state index in [1.165, 1.54) is 6.07 Å². The van der Waals surface area contributed by atoms with E-state index < -0.39 is 29.4 Å². The van der Waals surface area contributed by atoms with E-state index in [1.54, 1.807) is 42.0 Å². The van der Waals surface area contributed by atoms with Gasteiger partial charge >= 0.3 is 0 Å². The monoisotopic (exact) mass is 603 g/mol. The number of aromatic amines is 1. The number of pyridine rings is 1. The molecule has 2 aromatic heterocycles. The molecule has 10 heteroatoms. The highest BCUT2D eigenvalue weighted by molar-refractivity contribution is 6.31. The molecule has 0 bridgehead atoms. The molecule has 2 amide bonds. The van der Waals surface area contributed by atoms with Crippen molar-refractivity contribution in [3.8, 4) is 22.3 Å². The second-order valence-corrected chi connectivity index (χ2v) is 12.0. The maximum atomic E-state index is 14.7. The lowest BCUT2D eigenvalue weighted by Crippen LogP contribution is -2.50. The van der Waals surface area contributed by atoms with E-state index >= 15 is 0 Å². The van der Waals surface area contributed by atoms with Gasteiger partial charge in [-0.15, -0.1) is 0 Å². The largest absolute Gasteiger partial charge is 0.341 e. The van der Waals surface area contributed by atoms with E-state index in [0.29, 0.717) is 16.3 Å². The van der Waals surface area contributed by atoms with Gasteiger partial charge in [-0.25, -0.2) is 4.39 Å². The van der Waals surface area contributed by atoms with Gasteiger partial charge < -0.3 is 15.2 Å². The van der Waals surface area contributed by atoms with Crippen LogP contribution in [0.5, 0.6) is 0 Å². The number of halogens is 2. The second kappa shape index (κ2) is 11.8. The van der Waals surface area contributed by atoms with Gasteiger partial charge in [-0.3, -0.25) is 19.5 Å². The Labute approximate surface area is 254 Å². The number of anilines is 1. The minimum Gasteiger partial charge on any atom is -0.341 e. The summed E-state index contributed by atoms with van der Waals surface area (Å²) in [6.07, 6.45) is 2.03. The molecule has 8 nitrogen and oxygen atoms in total. The first-order chi connectivity index (χ1) is 20.4. The van der Waals surface area contributed by atoms with Gasteiger partial charge in [0.25, 0.3) is 11.5 Å². The summed E-state index contributed by atoms with van der Waals surface area (Å²) in [6, 6.07) is 14.8. The minimum atomic E-state index is -1.96. The Morgan fingerprint density at radius 3 is 2.26 bits per heavy atom. The number of rotatable bonds is 9. The van der Waals surface area contributed by atoms with Crippen LogP contribution in [0.15, 0.2) is 65.6 Å². The summed E-state index contributed by atoms with van der Waals surface area (Å²) in [4.78, 5) is 38.9. The van der Waals surface area contributed by atoms with Crippen LogP contribution in [0.4, 0.5) is 10.1 Å². The highest BCUT2D eigenvalue weighted by Crippen LogP contribution is 2.40. The number of aryl methyl sites for hydroxylation is 2. The van der Waals surface area contributed by atoms with Crippen LogP contribution in [0.3, 0.4) is 0 Å². The summed E-state index contributed by atoms with van der Waals surface area (Å²) in [5.41, 5.74) is 4.39. The zero-order chi connectivity index (χ0) is 31.1. The number of hydrogen-bond acceptors (Lipinski definition) is 4. The molecule has 1 fully saturated rings. The fourth-order valence-corrected chi connectivity index (χ4v) is 5.56. The van der Waals surface area contributed by atoms with Gasteiger partial charge in [0, 0.05) is 46.2 Å². The van der Waals surface area contributed by atoms with Crippen LogP contribution >= 0.6 is 11.6 Å². The smallest absolute Gasteiger partial charge is 0.258 e. The summed E-state index contributed by atoms with van der Waals surface area (Å²) >= 11 is 6.64. The Hall–Kier alpha value is -4.24. The molecule has 1 saturated carbocycles. The Morgan fingerprint density at radius 1 is 1.00 bits per heavy atom. The standard InChI is InChI=1S/C33H35ClFN5O3/c1-18(2)40-17-24(9-13-28(40)41)23-8-12-27(34)26(16-23)19(3)30(37-32(43)33(35)14-15-33)31(42)36-25-10-6-22(7-11-25)29-20(4)38-39-21(29)5/h6-13,16-19,30H,14-15H2,1-5H3,(H,36,42)(H,37,43)(H,38,39)/t19?,30-/m0/s1.